The van der Waals surface area contributed by atoms with Gasteiger partial charge in [0.05, 0.1) is 5.56 Å². The second-order valence-corrected chi connectivity index (χ2v) is 10.9. The molecule has 5 rings (SSSR count). The van der Waals surface area contributed by atoms with Gasteiger partial charge in [0.15, 0.2) is 5.16 Å². The van der Waals surface area contributed by atoms with Crippen LogP contribution in [0, 0.1) is 0 Å². The van der Waals surface area contributed by atoms with E-state index >= 15 is 0 Å². The summed E-state index contributed by atoms with van der Waals surface area (Å²) in [6, 6.07) is 16.7. The summed E-state index contributed by atoms with van der Waals surface area (Å²) in [6.45, 7) is 0. The van der Waals surface area contributed by atoms with E-state index in [2.05, 4.69) is 79.7 Å². The number of halogens is 2. The average molecular weight is 585 g/mol. The predicted molar refractivity (Wildman–Crippen MR) is 144 cm³/mol. The van der Waals surface area contributed by atoms with Crippen LogP contribution in [-0.2, 0) is 7.05 Å². The summed E-state index contributed by atoms with van der Waals surface area (Å²) in [4.78, 5) is 18.4. The molecule has 168 valence electrons. The predicted octanol–water partition coefficient (Wildman–Crippen LogP) is 7.11. The summed E-state index contributed by atoms with van der Waals surface area (Å²) >= 11 is 8.56. The molecule has 1 aliphatic carbocycles. The van der Waals surface area contributed by atoms with E-state index in [0.717, 1.165) is 50.6 Å². The number of nitrogens with one attached hydrogen (secondary N) is 1. The van der Waals surface area contributed by atoms with Gasteiger partial charge in [-0.15, -0.1) is 0 Å². The molecule has 2 heterocycles. The normalized spacial score (nSPS) is 18.7. The Labute approximate surface area is 214 Å². The van der Waals surface area contributed by atoms with E-state index < -0.39 is 0 Å². The summed E-state index contributed by atoms with van der Waals surface area (Å²) in [5.41, 5.74) is 6.69. The van der Waals surface area contributed by atoms with Crippen molar-refractivity contribution in [3.8, 4) is 0 Å². The second kappa shape index (κ2) is 9.28. The highest BCUT2D eigenvalue weighted by molar-refractivity contribution is 9.10. The molecule has 1 atom stereocenters. The number of rotatable bonds is 3. The van der Waals surface area contributed by atoms with Crippen LogP contribution < -0.4 is 10.9 Å². The van der Waals surface area contributed by atoms with Gasteiger partial charge in [0, 0.05) is 27.6 Å². The van der Waals surface area contributed by atoms with Crippen molar-refractivity contribution >= 4 is 55.5 Å². The molecule has 0 amide bonds. The number of aromatic nitrogens is 2. The molecule has 1 aromatic heterocycles. The van der Waals surface area contributed by atoms with E-state index in [1.54, 1.807) is 4.57 Å². The number of benzene rings is 2. The van der Waals surface area contributed by atoms with E-state index in [9.17, 15) is 4.79 Å². The van der Waals surface area contributed by atoms with Gasteiger partial charge in [-0.3, -0.25) is 9.36 Å². The Bertz CT molecular complexity index is 1340. The largest absolute Gasteiger partial charge is 0.340 e. The van der Waals surface area contributed by atoms with Gasteiger partial charge in [0.25, 0.3) is 5.56 Å². The Morgan fingerprint density at radius 2 is 1.73 bits per heavy atom. The number of hydrogen-bond donors (Lipinski definition) is 1. The van der Waals surface area contributed by atoms with E-state index in [0.29, 0.717) is 11.0 Å². The maximum Gasteiger partial charge on any atom is 0.260 e. The van der Waals surface area contributed by atoms with Gasteiger partial charge < -0.3 is 5.32 Å². The van der Waals surface area contributed by atoms with Crippen molar-refractivity contribution in [2.45, 2.75) is 30.3 Å². The molecule has 1 N–H and O–H groups in total. The van der Waals surface area contributed by atoms with Crippen LogP contribution in [0.5, 0.6) is 0 Å². The maximum atomic E-state index is 13.5. The highest BCUT2D eigenvalue weighted by Gasteiger charge is 2.36. The summed E-state index contributed by atoms with van der Waals surface area (Å²) in [5, 5.41) is 4.30. The van der Waals surface area contributed by atoms with Crippen LogP contribution in [0.3, 0.4) is 0 Å². The minimum Gasteiger partial charge on any atom is -0.340 e. The van der Waals surface area contributed by atoms with Crippen LogP contribution in [0.15, 0.2) is 84.3 Å². The van der Waals surface area contributed by atoms with Gasteiger partial charge in [-0.2, -0.15) is 0 Å². The lowest BCUT2D eigenvalue weighted by molar-refractivity contribution is 0.656. The lowest BCUT2D eigenvalue weighted by Gasteiger charge is -2.35. The summed E-state index contributed by atoms with van der Waals surface area (Å²) in [5.74, 6) is 0.567. The highest BCUT2D eigenvalue weighted by Crippen LogP contribution is 2.47. The molecule has 7 heteroatoms. The standard InChI is InChI=1S/C26H23Br2N3OS/c1-31-25(32)22-21(16-8-12-19(28)13-9-16)20-5-3-4-17(14-15-6-10-18(27)11-7-15)23(20)29-24(22)30-26(31)33-2/h6-14,21,29H,3-5H2,1-2H3/b17-14+. The highest BCUT2D eigenvalue weighted by atomic mass is 79.9. The molecule has 0 fully saturated rings. The second-order valence-electron chi connectivity index (χ2n) is 8.31. The van der Waals surface area contributed by atoms with Crippen molar-refractivity contribution in [1.29, 1.82) is 0 Å². The molecule has 1 aliphatic heterocycles. The molecule has 0 radical (unpaired) electrons. The van der Waals surface area contributed by atoms with Crippen LogP contribution in [0.2, 0.25) is 0 Å². The third-order valence-corrected chi connectivity index (χ3v) is 8.08. The van der Waals surface area contributed by atoms with E-state index in [-0.39, 0.29) is 11.5 Å². The zero-order valence-corrected chi connectivity index (χ0v) is 22.4. The van der Waals surface area contributed by atoms with E-state index in [1.165, 1.54) is 22.9 Å². The molecule has 4 nitrogen and oxygen atoms in total. The Morgan fingerprint density at radius 3 is 2.39 bits per heavy atom. The first kappa shape index (κ1) is 22.7. The van der Waals surface area contributed by atoms with E-state index in [1.807, 2.05) is 25.4 Å². The Balaban J connectivity index is 1.72. The fourth-order valence-electron chi connectivity index (χ4n) is 4.73. The Hall–Kier alpha value is -2.09. The smallest absolute Gasteiger partial charge is 0.260 e. The molecule has 0 saturated heterocycles. The van der Waals surface area contributed by atoms with Crippen molar-refractivity contribution in [2.75, 3.05) is 11.6 Å². The zero-order valence-electron chi connectivity index (χ0n) is 18.4. The van der Waals surface area contributed by atoms with Gasteiger partial charge in [-0.1, -0.05) is 67.9 Å². The average Bonchev–Trinajstić information content (AvgIpc) is 2.82. The quantitative estimate of drug-likeness (QED) is 0.263. The summed E-state index contributed by atoms with van der Waals surface area (Å²) < 4.78 is 3.76. The first-order valence-electron chi connectivity index (χ1n) is 10.8. The first-order valence-corrected chi connectivity index (χ1v) is 13.6. The molecular weight excluding hydrogens is 562 g/mol. The van der Waals surface area contributed by atoms with Gasteiger partial charge in [0.2, 0.25) is 0 Å². The third kappa shape index (κ3) is 4.27. The van der Waals surface area contributed by atoms with Crippen molar-refractivity contribution < 1.29 is 0 Å². The van der Waals surface area contributed by atoms with Crippen molar-refractivity contribution in [2.24, 2.45) is 7.05 Å². The van der Waals surface area contributed by atoms with Crippen molar-refractivity contribution in [1.82, 2.24) is 9.55 Å². The number of thioether (sulfide) groups is 1. The molecule has 33 heavy (non-hydrogen) atoms. The van der Waals surface area contributed by atoms with Gasteiger partial charge in [-0.25, -0.2) is 4.98 Å². The van der Waals surface area contributed by atoms with Gasteiger partial charge in [0.1, 0.15) is 5.82 Å². The maximum absolute atomic E-state index is 13.5. The van der Waals surface area contributed by atoms with Gasteiger partial charge >= 0.3 is 0 Å². The Kier molecular flexibility index (Phi) is 6.38. The lowest BCUT2D eigenvalue weighted by Crippen LogP contribution is -2.33. The third-order valence-electron chi connectivity index (χ3n) is 6.30. The summed E-state index contributed by atoms with van der Waals surface area (Å²) in [7, 11) is 1.81. The van der Waals surface area contributed by atoms with Crippen LogP contribution in [-0.4, -0.2) is 15.8 Å². The topological polar surface area (TPSA) is 46.9 Å². The summed E-state index contributed by atoms with van der Waals surface area (Å²) in [6.07, 6.45) is 7.21. The van der Waals surface area contributed by atoms with Crippen LogP contribution in [0.25, 0.3) is 6.08 Å². The number of hydrogen-bond acceptors (Lipinski definition) is 4. The zero-order chi connectivity index (χ0) is 23.1. The molecular formula is C26H23Br2N3OS. The van der Waals surface area contributed by atoms with Crippen molar-refractivity contribution in [3.63, 3.8) is 0 Å². The fraction of sp³-hybridized carbons (Fsp3) is 0.231. The van der Waals surface area contributed by atoms with E-state index in [4.69, 9.17) is 4.98 Å². The Morgan fingerprint density at radius 1 is 1.06 bits per heavy atom. The van der Waals surface area contributed by atoms with Crippen LogP contribution in [0.1, 0.15) is 41.9 Å². The lowest BCUT2D eigenvalue weighted by atomic mass is 9.75. The fourth-order valence-corrected chi connectivity index (χ4v) is 5.80. The van der Waals surface area contributed by atoms with Crippen LogP contribution >= 0.6 is 43.6 Å². The molecule has 0 saturated carbocycles. The minimum atomic E-state index is -0.111. The molecule has 1 unspecified atom stereocenters. The number of nitrogens with zero attached hydrogens (tertiary/aromatic N) is 2. The van der Waals surface area contributed by atoms with Gasteiger partial charge in [-0.05, 0) is 78.1 Å². The SMILES string of the molecule is CSc1nc2c(c(=O)n1C)C(c1ccc(Br)cc1)C1=C(N2)/C(=C/c2ccc(Br)cc2)CCC1. The first-order chi connectivity index (χ1) is 16.0. The molecule has 0 bridgehead atoms. The number of fused-ring (bicyclic) bond motifs is 1. The van der Waals surface area contributed by atoms with Crippen LogP contribution in [0.4, 0.5) is 5.82 Å². The number of allylic oxidation sites excluding steroid dienone is 2. The monoisotopic (exact) mass is 583 g/mol. The van der Waals surface area contributed by atoms with Crippen molar-refractivity contribution in [3.05, 3.63) is 101 Å². The minimum absolute atomic E-state index is 0.0142. The molecule has 2 aliphatic rings. The molecule has 3 aromatic rings. The molecule has 2 aromatic carbocycles. The number of anilines is 1. The molecule has 0 spiro atoms.